The van der Waals surface area contributed by atoms with Gasteiger partial charge < -0.3 is 10.6 Å². The molecule has 0 fully saturated rings. The minimum atomic E-state index is -0.499. The van der Waals surface area contributed by atoms with Gasteiger partial charge in [0.05, 0.1) is 4.92 Å². The molecule has 138 valence electrons. The fraction of sp³-hybridized carbons (Fsp3) is 0.158. The topological polar surface area (TPSA) is 93.0 Å². The van der Waals surface area contributed by atoms with Crippen LogP contribution in [0.1, 0.15) is 16.7 Å². The average molecular weight is 384 g/mol. The van der Waals surface area contributed by atoms with E-state index < -0.39 is 4.92 Å². The van der Waals surface area contributed by atoms with Gasteiger partial charge in [-0.2, -0.15) is 0 Å². The molecular weight excluding hydrogens is 366 g/mol. The van der Waals surface area contributed by atoms with Gasteiger partial charge in [-0.15, -0.1) is 0 Å². The van der Waals surface area contributed by atoms with Gasteiger partial charge >= 0.3 is 5.69 Å². The third-order valence-corrected chi connectivity index (χ3v) is 4.54. The minimum Gasteiger partial charge on any atom is -0.334 e. The smallest absolute Gasteiger partial charge is 0.334 e. The Morgan fingerprint density at radius 3 is 2.26 bits per heavy atom. The van der Waals surface area contributed by atoms with E-state index in [9.17, 15) is 10.1 Å². The van der Waals surface area contributed by atoms with Crippen molar-refractivity contribution in [2.24, 2.45) is 0 Å². The first-order valence-electron chi connectivity index (χ1n) is 8.22. The summed E-state index contributed by atoms with van der Waals surface area (Å²) < 4.78 is 0. The number of nitro groups is 1. The summed E-state index contributed by atoms with van der Waals surface area (Å²) in [4.78, 5) is 19.4. The number of nitrogens with zero attached hydrogens (tertiary/aromatic N) is 3. The van der Waals surface area contributed by atoms with Gasteiger partial charge in [0, 0.05) is 16.4 Å². The number of nitrogens with one attached hydrogen (secondary N) is 2. The maximum absolute atomic E-state index is 11.7. The highest BCUT2D eigenvalue weighted by Crippen LogP contribution is 2.34. The van der Waals surface area contributed by atoms with Crippen molar-refractivity contribution in [1.29, 1.82) is 0 Å². The van der Waals surface area contributed by atoms with Crippen LogP contribution in [0.5, 0.6) is 0 Å². The lowest BCUT2D eigenvalue weighted by Crippen LogP contribution is -2.06. The van der Waals surface area contributed by atoms with E-state index in [0.29, 0.717) is 10.7 Å². The number of benzene rings is 2. The molecule has 3 rings (SSSR count). The molecule has 0 amide bonds. The van der Waals surface area contributed by atoms with Gasteiger partial charge in [-0.05, 0) is 61.7 Å². The van der Waals surface area contributed by atoms with Crippen LogP contribution in [0.3, 0.4) is 0 Å². The van der Waals surface area contributed by atoms with E-state index in [-0.39, 0.29) is 17.3 Å². The van der Waals surface area contributed by atoms with Gasteiger partial charge in [-0.3, -0.25) is 10.1 Å². The highest BCUT2D eigenvalue weighted by molar-refractivity contribution is 6.30. The Labute approximate surface area is 161 Å². The van der Waals surface area contributed by atoms with Crippen LogP contribution in [-0.2, 0) is 0 Å². The van der Waals surface area contributed by atoms with Crippen molar-refractivity contribution >= 4 is 40.3 Å². The van der Waals surface area contributed by atoms with Gasteiger partial charge in [0.1, 0.15) is 6.33 Å². The molecule has 3 aromatic rings. The Kier molecular flexibility index (Phi) is 5.23. The molecule has 0 atom stereocenters. The van der Waals surface area contributed by atoms with E-state index >= 15 is 0 Å². The Morgan fingerprint density at radius 2 is 1.63 bits per heavy atom. The molecule has 0 aliphatic carbocycles. The van der Waals surface area contributed by atoms with Crippen molar-refractivity contribution in [2.75, 3.05) is 10.6 Å². The Bertz CT molecular complexity index is 1020. The monoisotopic (exact) mass is 383 g/mol. The third kappa shape index (κ3) is 3.98. The molecule has 0 saturated heterocycles. The van der Waals surface area contributed by atoms with Crippen molar-refractivity contribution in [3.63, 3.8) is 0 Å². The van der Waals surface area contributed by atoms with Crippen LogP contribution in [0.15, 0.2) is 42.7 Å². The molecule has 7 nitrogen and oxygen atoms in total. The van der Waals surface area contributed by atoms with Crippen LogP contribution >= 0.6 is 11.6 Å². The average Bonchev–Trinajstić information content (AvgIpc) is 2.61. The van der Waals surface area contributed by atoms with Crippen LogP contribution in [0, 0.1) is 30.9 Å². The first-order valence-corrected chi connectivity index (χ1v) is 8.60. The zero-order valence-electron chi connectivity index (χ0n) is 15.1. The van der Waals surface area contributed by atoms with E-state index in [1.807, 2.05) is 39.0 Å². The first kappa shape index (κ1) is 18.6. The summed E-state index contributed by atoms with van der Waals surface area (Å²) in [5.74, 6) is 0.228. The summed E-state index contributed by atoms with van der Waals surface area (Å²) in [6, 6.07) is 10.9. The molecule has 0 aliphatic heterocycles. The van der Waals surface area contributed by atoms with Crippen LogP contribution in [0.2, 0.25) is 5.02 Å². The van der Waals surface area contributed by atoms with Crippen molar-refractivity contribution in [3.8, 4) is 0 Å². The molecule has 0 unspecified atom stereocenters. The van der Waals surface area contributed by atoms with E-state index in [4.69, 9.17) is 11.6 Å². The molecule has 0 spiro atoms. The molecule has 1 aromatic heterocycles. The molecule has 2 N–H and O–H groups in total. The van der Waals surface area contributed by atoms with E-state index in [1.54, 1.807) is 18.2 Å². The van der Waals surface area contributed by atoms with Gasteiger partial charge in [0.2, 0.25) is 11.6 Å². The van der Waals surface area contributed by atoms with Gasteiger partial charge in [0.15, 0.2) is 0 Å². The number of anilines is 4. The lowest BCUT2D eigenvalue weighted by Gasteiger charge is -2.13. The lowest BCUT2D eigenvalue weighted by molar-refractivity contribution is -0.383. The quantitative estimate of drug-likeness (QED) is 0.449. The second-order valence-electron chi connectivity index (χ2n) is 6.13. The molecule has 1 heterocycles. The predicted octanol–water partition coefficient (Wildman–Crippen LogP) is 5.45. The molecule has 0 radical (unpaired) electrons. The number of hydrogen-bond acceptors (Lipinski definition) is 6. The summed E-state index contributed by atoms with van der Waals surface area (Å²) >= 11 is 5.97. The van der Waals surface area contributed by atoms with Crippen LogP contribution in [-0.4, -0.2) is 14.9 Å². The Morgan fingerprint density at radius 1 is 0.963 bits per heavy atom. The largest absolute Gasteiger partial charge is 0.353 e. The van der Waals surface area contributed by atoms with Crippen molar-refractivity contribution in [2.45, 2.75) is 20.8 Å². The second-order valence-corrected chi connectivity index (χ2v) is 6.57. The molecule has 0 bridgehead atoms. The standard InChI is InChI=1S/C19H18ClN5O2/c1-11-5-4-6-16(13(11)3)24-19-17(25(26)27)18(21-10-22-19)23-15-8-7-14(20)9-12(15)2/h4-10H,1-3H3,(H2,21,22,23,24). The second kappa shape index (κ2) is 7.59. The fourth-order valence-electron chi connectivity index (χ4n) is 2.64. The van der Waals surface area contributed by atoms with Gasteiger partial charge in [-0.25, -0.2) is 9.97 Å². The maximum Gasteiger partial charge on any atom is 0.353 e. The number of aromatic nitrogens is 2. The van der Waals surface area contributed by atoms with Crippen molar-refractivity contribution in [3.05, 3.63) is 74.6 Å². The summed E-state index contributed by atoms with van der Waals surface area (Å²) in [7, 11) is 0. The number of hydrogen-bond donors (Lipinski definition) is 2. The van der Waals surface area contributed by atoms with Crippen LogP contribution < -0.4 is 10.6 Å². The van der Waals surface area contributed by atoms with E-state index in [0.717, 1.165) is 22.4 Å². The van der Waals surface area contributed by atoms with E-state index in [2.05, 4.69) is 20.6 Å². The summed E-state index contributed by atoms with van der Waals surface area (Å²) in [5.41, 5.74) is 4.12. The SMILES string of the molecule is Cc1cc(Cl)ccc1Nc1ncnc(Nc2cccc(C)c2C)c1[N+](=O)[O-]. The van der Waals surface area contributed by atoms with Gasteiger partial charge in [-0.1, -0.05) is 23.7 Å². The van der Waals surface area contributed by atoms with Crippen LogP contribution in [0.25, 0.3) is 0 Å². The molecule has 0 saturated carbocycles. The normalized spacial score (nSPS) is 10.5. The van der Waals surface area contributed by atoms with Gasteiger partial charge in [0.25, 0.3) is 0 Å². The zero-order chi connectivity index (χ0) is 19.6. The number of aryl methyl sites for hydroxylation is 2. The molecule has 2 aromatic carbocycles. The highest BCUT2D eigenvalue weighted by atomic mass is 35.5. The maximum atomic E-state index is 11.7. The summed E-state index contributed by atoms with van der Waals surface area (Å²) in [5, 5.41) is 18.4. The molecular formula is C19H18ClN5O2. The molecule has 0 aliphatic rings. The zero-order valence-corrected chi connectivity index (χ0v) is 15.8. The Balaban J connectivity index is 2.02. The molecule has 8 heteroatoms. The first-order chi connectivity index (χ1) is 12.9. The van der Waals surface area contributed by atoms with Crippen molar-refractivity contribution < 1.29 is 4.92 Å². The fourth-order valence-corrected chi connectivity index (χ4v) is 2.87. The predicted molar refractivity (Wildman–Crippen MR) is 107 cm³/mol. The Hall–Kier alpha value is -3.19. The van der Waals surface area contributed by atoms with Crippen molar-refractivity contribution in [1.82, 2.24) is 9.97 Å². The number of halogens is 1. The van der Waals surface area contributed by atoms with E-state index in [1.165, 1.54) is 6.33 Å². The summed E-state index contributed by atoms with van der Waals surface area (Å²) in [6.07, 6.45) is 1.29. The highest BCUT2D eigenvalue weighted by Gasteiger charge is 2.24. The minimum absolute atomic E-state index is 0.105. The third-order valence-electron chi connectivity index (χ3n) is 4.30. The number of rotatable bonds is 5. The lowest BCUT2D eigenvalue weighted by atomic mass is 10.1. The van der Waals surface area contributed by atoms with Crippen LogP contribution in [0.4, 0.5) is 28.7 Å². The molecule has 27 heavy (non-hydrogen) atoms. The summed E-state index contributed by atoms with van der Waals surface area (Å²) in [6.45, 7) is 5.78.